The average Bonchev–Trinajstić information content (AvgIpc) is 2.48. The number of rotatable bonds is 6. The molecule has 0 saturated heterocycles. The quantitative estimate of drug-likeness (QED) is 0.619. The molecule has 1 aromatic heterocycles. The smallest absolute Gasteiger partial charge is 0.227 e. The summed E-state index contributed by atoms with van der Waals surface area (Å²) >= 11 is 0. The van der Waals surface area contributed by atoms with Crippen molar-refractivity contribution in [3.63, 3.8) is 0 Å². The van der Waals surface area contributed by atoms with Crippen molar-refractivity contribution < 1.29 is 9.47 Å². The minimum atomic E-state index is 0.484. The first kappa shape index (κ1) is 14.2. The van der Waals surface area contributed by atoms with Crippen LogP contribution in [0.5, 0.6) is 11.6 Å². The molecule has 3 N–H and O–H groups in total. The number of ether oxygens (including phenoxy) is 2. The number of nitrogens with zero attached hydrogens (tertiary/aromatic N) is 2. The number of aromatic nitrogens is 2. The van der Waals surface area contributed by atoms with Crippen LogP contribution in [0.3, 0.4) is 0 Å². The normalized spacial score (nSPS) is 10.3. The highest BCUT2D eigenvalue weighted by molar-refractivity contribution is 5.47. The van der Waals surface area contributed by atoms with Crippen LogP contribution < -0.4 is 16.0 Å². The maximum absolute atomic E-state index is 5.73. The molecule has 2 aromatic rings. The second kappa shape index (κ2) is 6.83. The summed E-state index contributed by atoms with van der Waals surface area (Å²) in [6.07, 6.45) is 2.29. The monoisotopic (exact) mass is 274 g/mol. The van der Waals surface area contributed by atoms with Gasteiger partial charge in [-0.15, -0.1) is 0 Å². The van der Waals surface area contributed by atoms with E-state index < -0.39 is 0 Å². The molecule has 0 unspecified atom stereocenters. The SMILES string of the molecule is COCCc1ccc(Oc2ncnc(NN)c2C)cc1. The molecule has 0 radical (unpaired) electrons. The summed E-state index contributed by atoms with van der Waals surface area (Å²) in [5.74, 6) is 7.12. The molecule has 1 aromatic carbocycles. The third-order valence-corrected chi connectivity index (χ3v) is 2.91. The van der Waals surface area contributed by atoms with Crippen LogP contribution >= 0.6 is 0 Å². The molecule has 2 rings (SSSR count). The van der Waals surface area contributed by atoms with E-state index in [9.17, 15) is 0 Å². The zero-order valence-corrected chi connectivity index (χ0v) is 11.6. The number of nitrogens with one attached hydrogen (secondary N) is 1. The van der Waals surface area contributed by atoms with Gasteiger partial charge in [0.15, 0.2) is 0 Å². The lowest BCUT2D eigenvalue weighted by Crippen LogP contribution is -2.11. The van der Waals surface area contributed by atoms with Crippen LogP contribution in [0, 0.1) is 6.92 Å². The van der Waals surface area contributed by atoms with Gasteiger partial charge in [0, 0.05) is 7.11 Å². The third-order valence-electron chi connectivity index (χ3n) is 2.91. The molecule has 0 spiro atoms. The average molecular weight is 274 g/mol. The highest BCUT2D eigenvalue weighted by Crippen LogP contribution is 2.25. The second-order valence-electron chi connectivity index (χ2n) is 4.29. The van der Waals surface area contributed by atoms with E-state index in [1.807, 2.05) is 31.2 Å². The van der Waals surface area contributed by atoms with Crippen molar-refractivity contribution in [2.75, 3.05) is 19.1 Å². The van der Waals surface area contributed by atoms with E-state index in [-0.39, 0.29) is 0 Å². The minimum Gasteiger partial charge on any atom is -0.439 e. The Bertz CT molecular complexity index is 558. The molecule has 106 valence electrons. The molecule has 0 aliphatic carbocycles. The number of nitrogen functional groups attached to an aromatic ring is 1. The van der Waals surface area contributed by atoms with Gasteiger partial charge in [-0.05, 0) is 31.0 Å². The van der Waals surface area contributed by atoms with E-state index in [1.54, 1.807) is 7.11 Å². The lowest BCUT2D eigenvalue weighted by molar-refractivity contribution is 0.202. The van der Waals surface area contributed by atoms with E-state index >= 15 is 0 Å². The molecule has 0 amide bonds. The van der Waals surface area contributed by atoms with Gasteiger partial charge in [-0.3, -0.25) is 0 Å². The summed E-state index contributed by atoms with van der Waals surface area (Å²) in [5.41, 5.74) is 4.47. The van der Waals surface area contributed by atoms with Crippen LogP contribution in [0.4, 0.5) is 5.82 Å². The predicted octanol–water partition coefficient (Wildman–Crippen LogP) is 2.05. The number of hydrogen-bond donors (Lipinski definition) is 2. The van der Waals surface area contributed by atoms with Gasteiger partial charge in [0.25, 0.3) is 0 Å². The number of hydrazine groups is 1. The number of benzene rings is 1. The molecule has 0 bridgehead atoms. The van der Waals surface area contributed by atoms with Crippen molar-refractivity contribution in [2.24, 2.45) is 5.84 Å². The van der Waals surface area contributed by atoms with E-state index in [0.29, 0.717) is 18.3 Å². The van der Waals surface area contributed by atoms with Gasteiger partial charge in [0.2, 0.25) is 5.88 Å². The molecule has 0 aliphatic heterocycles. The van der Waals surface area contributed by atoms with Crippen LogP contribution in [-0.2, 0) is 11.2 Å². The fourth-order valence-corrected chi connectivity index (χ4v) is 1.74. The number of nitrogens with two attached hydrogens (primary N) is 1. The first-order valence-electron chi connectivity index (χ1n) is 6.28. The van der Waals surface area contributed by atoms with E-state index in [2.05, 4.69) is 15.4 Å². The first-order valence-corrected chi connectivity index (χ1v) is 6.28. The Kier molecular flexibility index (Phi) is 4.86. The Morgan fingerprint density at radius 3 is 2.60 bits per heavy atom. The van der Waals surface area contributed by atoms with Crippen molar-refractivity contribution >= 4 is 5.82 Å². The van der Waals surface area contributed by atoms with E-state index in [1.165, 1.54) is 11.9 Å². The fraction of sp³-hybridized carbons (Fsp3) is 0.286. The molecular weight excluding hydrogens is 256 g/mol. The van der Waals surface area contributed by atoms with Gasteiger partial charge < -0.3 is 14.9 Å². The van der Waals surface area contributed by atoms with Crippen LogP contribution in [0.25, 0.3) is 0 Å². The Morgan fingerprint density at radius 1 is 1.20 bits per heavy atom. The van der Waals surface area contributed by atoms with Gasteiger partial charge in [-0.1, -0.05) is 12.1 Å². The number of anilines is 1. The number of methoxy groups -OCH3 is 1. The largest absolute Gasteiger partial charge is 0.439 e. The summed E-state index contributed by atoms with van der Waals surface area (Å²) in [7, 11) is 1.69. The lowest BCUT2D eigenvalue weighted by Gasteiger charge is -2.10. The topological polar surface area (TPSA) is 82.3 Å². The maximum Gasteiger partial charge on any atom is 0.227 e. The van der Waals surface area contributed by atoms with Gasteiger partial charge in [0.1, 0.15) is 17.9 Å². The van der Waals surface area contributed by atoms with Crippen molar-refractivity contribution in [1.29, 1.82) is 0 Å². The van der Waals surface area contributed by atoms with Crippen molar-refractivity contribution in [3.05, 3.63) is 41.7 Å². The lowest BCUT2D eigenvalue weighted by atomic mass is 10.1. The standard InChI is InChI=1S/C14H18N4O2/c1-10-13(18-15)16-9-17-14(10)20-12-5-3-11(4-6-12)7-8-19-2/h3-6,9H,7-8,15H2,1-2H3,(H,16,17,18). The van der Waals surface area contributed by atoms with Crippen LogP contribution in [-0.4, -0.2) is 23.7 Å². The molecule has 6 heteroatoms. The fourth-order valence-electron chi connectivity index (χ4n) is 1.74. The third kappa shape index (κ3) is 3.43. The minimum absolute atomic E-state index is 0.484. The van der Waals surface area contributed by atoms with Crippen LogP contribution in [0.2, 0.25) is 0 Å². The summed E-state index contributed by atoms with van der Waals surface area (Å²) in [6.45, 7) is 2.55. The predicted molar refractivity (Wildman–Crippen MR) is 76.7 cm³/mol. The second-order valence-corrected chi connectivity index (χ2v) is 4.29. The zero-order chi connectivity index (χ0) is 14.4. The zero-order valence-electron chi connectivity index (χ0n) is 11.6. The highest BCUT2D eigenvalue weighted by Gasteiger charge is 2.08. The summed E-state index contributed by atoms with van der Waals surface area (Å²) in [4.78, 5) is 8.11. The van der Waals surface area contributed by atoms with Crippen LogP contribution in [0.1, 0.15) is 11.1 Å². The van der Waals surface area contributed by atoms with E-state index in [0.717, 1.165) is 17.7 Å². The summed E-state index contributed by atoms with van der Waals surface area (Å²) < 4.78 is 10.8. The molecule has 1 heterocycles. The Hall–Kier alpha value is -2.18. The van der Waals surface area contributed by atoms with Crippen LogP contribution in [0.15, 0.2) is 30.6 Å². The van der Waals surface area contributed by atoms with Crippen molar-refractivity contribution in [2.45, 2.75) is 13.3 Å². The Balaban J connectivity index is 2.10. The molecular formula is C14H18N4O2. The first-order chi connectivity index (χ1) is 9.74. The van der Waals surface area contributed by atoms with Gasteiger partial charge in [0.05, 0.1) is 12.2 Å². The summed E-state index contributed by atoms with van der Waals surface area (Å²) in [5, 5.41) is 0. The highest BCUT2D eigenvalue weighted by atomic mass is 16.5. The maximum atomic E-state index is 5.73. The van der Waals surface area contributed by atoms with Gasteiger partial charge in [-0.25, -0.2) is 15.8 Å². The summed E-state index contributed by atoms with van der Waals surface area (Å²) in [6, 6.07) is 7.82. The molecule has 20 heavy (non-hydrogen) atoms. The van der Waals surface area contributed by atoms with E-state index in [4.69, 9.17) is 15.3 Å². The van der Waals surface area contributed by atoms with Crippen molar-refractivity contribution in [1.82, 2.24) is 9.97 Å². The van der Waals surface area contributed by atoms with Crippen molar-refractivity contribution in [3.8, 4) is 11.6 Å². The van der Waals surface area contributed by atoms with Gasteiger partial charge in [-0.2, -0.15) is 0 Å². The Labute approximate surface area is 117 Å². The molecule has 6 nitrogen and oxygen atoms in total. The van der Waals surface area contributed by atoms with Gasteiger partial charge >= 0.3 is 0 Å². The molecule has 0 aliphatic rings. The molecule has 0 atom stereocenters. The number of hydrogen-bond acceptors (Lipinski definition) is 6. The molecule has 0 fully saturated rings. The molecule has 0 saturated carbocycles. The Morgan fingerprint density at radius 2 is 1.95 bits per heavy atom.